The minimum atomic E-state index is 0.393. The molecule has 0 amide bonds. The largest absolute Gasteiger partial charge is 0.372 e. The van der Waals surface area contributed by atoms with Gasteiger partial charge in [0.05, 0.1) is 18.4 Å². The van der Waals surface area contributed by atoms with E-state index < -0.39 is 0 Å². The lowest BCUT2D eigenvalue weighted by Crippen LogP contribution is -2.26. The molecule has 0 spiro atoms. The number of anilines is 1. The van der Waals surface area contributed by atoms with Crippen molar-refractivity contribution in [2.24, 2.45) is 11.8 Å². The van der Waals surface area contributed by atoms with Gasteiger partial charge in [-0.1, -0.05) is 13.8 Å². The molecular formula is C14H23N3O. The van der Waals surface area contributed by atoms with Crippen LogP contribution in [0, 0.1) is 11.8 Å². The summed E-state index contributed by atoms with van der Waals surface area (Å²) in [4.78, 5) is 8.46. The van der Waals surface area contributed by atoms with E-state index in [9.17, 15) is 0 Å². The van der Waals surface area contributed by atoms with Gasteiger partial charge in [0.1, 0.15) is 0 Å². The van der Waals surface area contributed by atoms with E-state index in [0.29, 0.717) is 18.7 Å². The Kier molecular flexibility index (Phi) is 4.53. The van der Waals surface area contributed by atoms with Gasteiger partial charge in [-0.3, -0.25) is 0 Å². The molecule has 0 aliphatic heterocycles. The molecule has 0 aromatic carbocycles. The molecule has 1 fully saturated rings. The highest BCUT2D eigenvalue weighted by atomic mass is 16.5. The molecule has 0 bridgehead atoms. The molecule has 1 saturated carbocycles. The van der Waals surface area contributed by atoms with Crippen LogP contribution in [-0.4, -0.2) is 23.1 Å². The van der Waals surface area contributed by atoms with E-state index in [1.165, 1.54) is 19.3 Å². The van der Waals surface area contributed by atoms with Crippen LogP contribution in [0.1, 0.15) is 38.8 Å². The minimum Gasteiger partial charge on any atom is -0.372 e. The Morgan fingerprint density at radius 2 is 2.17 bits per heavy atom. The molecule has 1 aliphatic carbocycles. The predicted octanol–water partition coefficient (Wildman–Crippen LogP) is 2.86. The monoisotopic (exact) mass is 249 g/mol. The van der Waals surface area contributed by atoms with Crippen LogP contribution in [0.2, 0.25) is 0 Å². The Bertz CT molecular complexity index is 383. The molecule has 3 atom stereocenters. The van der Waals surface area contributed by atoms with Gasteiger partial charge in [0.2, 0.25) is 5.95 Å². The van der Waals surface area contributed by atoms with Crippen molar-refractivity contribution in [2.45, 2.75) is 45.8 Å². The summed E-state index contributed by atoms with van der Waals surface area (Å²) in [6, 6.07) is 1.91. The van der Waals surface area contributed by atoms with Crippen molar-refractivity contribution in [3.8, 4) is 0 Å². The molecule has 1 N–H and O–H groups in total. The first kappa shape index (κ1) is 13.3. The van der Waals surface area contributed by atoms with E-state index in [0.717, 1.165) is 17.5 Å². The van der Waals surface area contributed by atoms with Crippen LogP contribution < -0.4 is 5.32 Å². The normalized spacial score (nSPS) is 28.1. The van der Waals surface area contributed by atoms with Crippen LogP contribution in [-0.2, 0) is 11.3 Å². The lowest BCUT2D eigenvalue weighted by molar-refractivity contribution is -0.00875. The zero-order valence-electron chi connectivity index (χ0n) is 11.5. The molecule has 1 heterocycles. The van der Waals surface area contributed by atoms with Gasteiger partial charge in [0.25, 0.3) is 0 Å². The van der Waals surface area contributed by atoms with Crippen molar-refractivity contribution in [3.05, 3.63) is 18.0 Å². The molecular weight excluding hydrogens is 226 g/mol. The van der Waals surface area contributed by atoms with E-state index >= 15 is 0 Å². The van der Waals surface area contributed by atoms with Crippen molar-refractivity contribution in [1.82, 2.24) is 9.97 Å². The fourth-order valence-electron chi connectivity index (χ4n) is 2.45. The third kappa shape index (κ3) is 3.42. The summed E-state index contributed by atoms with van der Waals surface area (Å²) in [5, 5.41) is 2.94. The minimum absolute atomic E-state index is 0.393. The van der Waals surface area contributed by atoms with Gasteiger partial charge in [-0.15, -0.1) is 0 Å². The lowest BCUT2D eigenvalue weighted by atomic mass is 9.80. The first-order valence-electron chi connectivity index (χ1n) is 6.80. The van der Waals surface area contributed by atoms with Crippen molar-refractivity contribution in [3.63, 3.8) is 0 Å². The molecule has 4 nitrogen and oxygen atoms in total. The Morgan fingerprint density at radius 1 is 1.33 bits per heavy atom. The van der Waals surface area contributed by atoms with Gasteiger partial charge < -0.3 is 10.1 Å². The summed E-state index contributed by atoms with van der Waals surface area (Å²) in [6.45, 7) is 5.25. The van der Waals surface area contributed by atoms with Crippen LogP contribution in [0.5, 0.6) is 0 Å². The van der Waals surface area contributed by atoms with Gasteiger partial charge in [-0.25, -0.2) is 9.97 Å². The van der Waals surface area contributed by atoms with Gasteiger partial charge in [-0.2, -0.15) is 0 Å². The molecule has 3 unspecified atom stereocenters. The van der Waals surface area contributed by atoms with Crippen LogP contribution in [0.25, 0.3) is 0 Å². The Labute approximate surface area is 109 Å². The number of nitrogens with one attached hydrogen (secondary N) is 1. The van der Waals surface area contributed by atoms with E-state index in [2.05, 4.69) is 29.1 Å². The highest BCUT2D eigenvalue weighted by Crippen LogP contribution is 2.31. The number of aromatic nitrogens is 2. The van der Waals surface area contributed by atoms with Crippen molar-refractivity contribution < 1.29 is 4.74 Å². The van der Waals surface area contributed by atoms with Crippen molar-refractivity contribution in [2.75, 3.05) is 12.4 Å². The average molecular weight is 249 g/mol. The van der Waals surface area contributed by atoms with Crippen molar-refractivity contribution in [1.29, 1.82) is 0 Å². The highest BCUT2D eigenvalue weighted by Gasteiger charge is 2.24. The average Bonchev–Trinajstić information content (AvgIpc) is 2.40. The molecule has 100 valence electrons. The molecule has 18 heavy (non-hydrogen) atoms. The number of hydrogen-bond acceptors (Lipinski definition) is 4. The fraction of sp³-hybridized carbons (Fsp3) is 0.714. The first-order valence-corrected chi connectivity index (χ1v) is 6.80. The molecule has 1 aliphatic rings. The third-order valence-electron chi connectivity index (χ3n) is 3.95. The fourth-order valence-corrected chi connectivity index (χ4v) is 2.45. The maximum absolute atomic E-state index is 5.97. The number of rotatable bonds is 4. The van der Waals surface area contributed by atoms with Crippen LogP contribution in [0.3, 0.4) is 0 Å². The molecule has 1 aromatic heterocycles. The SMILES string of the molecule is CNc1nccc(COC2CCC(C)C(C)C2)n1. The summed E-state index contributed by atoms with van der Waals surface area (Å²) in [6.07, 6.45) is 5.78. The second-order valence-corrected chi connectivity index (χ2v) is 5.32. The quantitative estimate of drug-likeness (QED) is 0.891. The Balaban J connectivity index is 1.84. The Hall–Kier alpha value is -1.16. The van der Waals surface area contributed by atoms with Crippen LogP contribution in [0.15, 0.2) is 12.3 Å². The summed E-state index contributed by atoms with van der Waals surface area (Å²) >= 11 is 0. The smallest absolute Gasteiger partial charge is 0.222 e. The lowest BCUT2D eigenvalue weighted by Gasteiger charge is -2.31. The first-order chi connectivity index (χ1) is 8.69. The van der Waals surface area contributed by atoms with E-state index in [-0.39, 0.29) is 0 Å². The zero-order chi connectivity index (χ0) is 13.0. The third-order valence-corrected chi connectivity index (χ3v) is 3.95. The van der Waals surface area contributed by atoms with Crippen LogP contribution in [0.4, 0.5) is 5.95 Å². The molecule has 0 saturated heterocycles. The van der Waals surface area contributed by atoms with E-state index in [4.69, 9.17) is 4.74 Å². The summed E-state index contributed by atoms with van der Waals surface area (Å²) < 4.78 is 5.97. The molecule has 0 radical (unpaired) electrons. The topological polar surface area (TPSA) is 47.0 Å². The standard InChI is InChI=1S/C14H23N3O/c1-10-4-5-13(8-11(10)2)18-9-12-6-7-16-14(15-3)17-12/h6-7,10-11,13H,4-5,8-9H2,1-3H3,(H,15,16,17). The van der Waals surface area contributed by atoms with Gasteiger partial charge in [-0.05, 0) is 37.2 Å². The summed E-state index contributed by atoms with van der Waals surface area (Å²) in [5.41, 5.74) is 0.945. The maximum atomic E-state index is 5.97. The zero-order valence-corrected chi connectivity index (χ0v) is 11.5. The summed E-state index contributed by atoms with van der Waals surface area (Å²) in [5.74, 6) is 2.25. The Morgan fingerprint density at radius 3 is 2.89 bits per heavy atom. The second-order valence-electron chi connectivity index (χ2n) is 5.32. The van der Waals surface area contributed by atoms with E-state index in [1.54, 1.807) is 6.20 Å². The van der Waals surface area contributed by atoms with Gasteiger partial charge in [0, 0.05) is 13.2 Å². The van der Waals surface area contributed by atoms with E-state index in [1.807, 2.05) is 13.1 Å². The van der Waals surface area contributed by atoms with Gasteiger partial charge >= 0.3 is 0 Å². The molecule has 2 rings (SSSR count). The highest BCUT2D eigenvalue weighted by molar-refractivity contribution is 5.23. The van der Waals surface area contributed by atoms with Gasteiger partial charge in [0.15, 0.2) is 0 Å². The molecule has 1 aromatic rings. The van der Waals surface area contributed by atoms with Crippen molar-refractivity contribution >= 4 is 5.95 Å². The summed E-state index contributed by atoms with van der Waals surface area (Å²) in [7, 11) is 1.82. The molecule has 4 heteroatoms. The number of nitrogens with zero attached hydrogens (tertiary/aromatic N) is 2. The number of ether oxygens (including phenoxy) is 1. The maximum Gasteiger partial charge on any atom is 0.222 e. The number of hydrogen-bond donors (Lipinski definition) is 1. The second kappa shape index (κ2) is 6.14. The predicted molar refractivity (Wildman–Crippen MR) is 72.3 cm³/mol. The van der Waals surface area contributed by atoms with Crippen LogP contribution >= 0.6 is 0 Å².